The third-order valence-corrected chi connectivity index (χ3v) is 5.60. The van der Waals surface area contributed by atoms with Crippen LogP contribution in [0.25, 0.3) is 16.7 Å². The summed E-state index contributed by atoms with van der Waals surface area (Å²) in [5.41, 5.74) is 2.35. The summed E-state index contributed by atoms with van der Waals surface area (Å²) in [4.78, 5) is 29.9. The van der Waals surface area contributed by atoms with Gasteiger partial charge in [0.25, 0.3) is 5.56 Å². The van der Waals surface area contributed by atoms with Crippen molar-refractivity contribution in [2.75, 3.05) is 11.1 Å². The normalized spacial score (nSPS) is 11.0. The van der Waals surface area contributed by atoms with Crippen molar-refractivity contribution < 1.29 is 4.79 Å². The van der Waals surface area contributed by atoms with Gasteiger partial charge in [-0.05, 0) is 36.8 Å². The quantitative estimate of drug-likeness (QED) is 0.374. The van der Waals surface area contributed by atoms with Crippen LogP contribution in [0.1, 0.15) is 5.56 Å². The first-order valence-electron chi connectivity index (χ1n) is 8.73. The number of nitrogens with zero attached hydrogens (tertiary/aromatic N) is 3. The highest BCUT2D eigenvalue weighted by Crippen LogP contribution is 2.22. The number of thioether (sulfide) groups is 1. The number of anilines is 1. The van der Waals surface area contributed by atoms with Crippen molar-refractivity contribution in [2.45, 2.75) is 12.1 Å². The van der Waals surface area contributed by atoms with Gasteiger partial charge in [0, 0.05) is 10.7 Å². The molecule has 0 saturated heterocycles. The van der Waals surface area contributed by atoms with E-state index in [4.69, 9.17) is 11.6 Å². The van der Waals surface area contributed by atoms with Gasteiger partial charge in [0.15, 0.2) is 10.8 Å². The number of fused-ring (bicyclic) bond motifs is 1. The van der Waals surface area contributed by atoms with Crippen molar-refractivity contribution in [1.29, 1.82) is 0 Å². The van der Waals surface area contributed by atoms with E-state index in [-0.39, 0.29) is 17.2 Å². The number of carbonyl (C=O) groups is 1. The predicted molar refractivity (Wildman–Crippen MR) is 115 cm³/mol. The Morgan fingerprint density at radius 2 is 2.03 bits per heavy atom. The molecule has 0 aliphatic carbocycles. The molecular weight excluding hydrogens is 410 g/mol. The second-order valence-electron chi connectivity index (χ2n) is 6.30. The van der Waals surface area contributed by atoms with Crippen molar-refractivity contribution in [2.24, 2.45) is 0 Å². The Bertz CT molecular complexity index is 1250. The Morgan fingerprint density at radius 1 is 1.24 bits per heavy atom. The van der Waals surface area contributed by atoms with Crippen LogP contribution in [-0.4, -0.2) is 31.4 Å². The fourth-order valence-corrected chi connectivity index (χ4v) is 3.76. The van der Waals surface area contributed by atoms with E-state index in [1.54, 1.807) is 12.1 Å². The average Bonchev–Trinajstić information content (AvgIpc) is 3.19. The minimum absolute atomic E-state index is 0.0738. The summed E-state index contributed by atoms with van der Waals surface area (Å²) < 4.78 is 1.48. The molecule has 29 heavy (non-hydrogen) atoms. The van der Waals surface area contributed by atoms with Crippen molar-refractivity contribution in [3.8, 4) is 5.69 Å². The van der Waals surface area contributed by atoms with Gasteiger partial charge in [0.05, 0.1) is 17.6 Å². The summed E-state index contributed by atoms with van der Waals surface area (Å²) in [6.45, 7) is 1.89. The third-order valence-electron chi connectivity index (χ3n) is 4.25. The van der Waals surface area contributed by atoms with E-state index in [9.17, 15) is 9.59 Å². The molecule has 7 nitrogen and oxygen atoms in total. The molecule has 0 atom stereocenters. The maximum atomic E-state index is 13.0. The van der Waals surface area contributed by atoms with E-state index in [1.165, 1.54) is 22.5 Å². The number of H-pyrrole nitrogens is 1. The summed E-state index contributed by atoms with van der Waals surface area (Å²) in [5.74, 6) is -0.154. The Labute approximate surface area is 175 Å². The topological polar surface area (TPSA) is 92.7 Å². The van der Waals surface area contributed by atoms with Gasteiger partial charge in [-0.3, -0.25) is 19.3 Å². The first-order chi connectivity index (χ1) is 14.0. The highest BCUT2D eigenvalue weighted by Gasteiger charge is 2.16. The standard InChI is InChI=1S/C20H16ClN5O2S/c1-12-7-8-13(9-16(12)21)23-17(27)11-29-20-24-18-15(10-22-25-18)19(28)26(20)14-5-3-2-4-6-14/h2-10H,11H2,1H3,(H,22,25)(H,23,27). The number of rotatable bonds is 5. The molecule has 9 heteroatoms. The number of aromatic nitrogens is 4. The number of halogens is 1. The van der Waals surface area contributed by atoms with Crippen LogP contribution >= 0.6 is 23.4 Å². The SMILES string of the molecule is Cc1ccc(NC(=O)CSc2nc3[nH]ncc3c(=O)n2-c2ccccc2)cc1Cl. The number of aromatic amines is 1. The van der Waals surface area contributed by atoms with Gasteiger partial charge in [0.2, 0.25) is 5.91 Å². The predicted octanol–water partition coefficient (Wildman–Crippen LogP) is 3.80. The second-order valence-corrected chi connectivity index (χ2v) is 7.65. The smallest absolute Gasteiger partial charge is 0.269 e. The van der Waals surface area contributed by atoms with Crippen molar-refractivity contribution in [3.05, 3.63) is 75.7 Å². The second kappa shape index (κ2) is 8.10. The molecule has 2 aromatic carbocycles. The van der Waals surface area contributed by atoms with Gasteiger partial charge in [-0.1, -0.05) is 47.6 Å². The molecule has 0 saturated carbocycles. The zero-order chi connectivity index (χ0) is 20.4. The summed E-state index contributed by atoms with van der Waals surface area (Å²) in [6, 6.07) is 14.5. The first kappa shape index (κ1) is 19.2. The maximum absolute atomic E-state index is 13.0. The summed E-state index contributed by atoms with van der Waals surface area (Å²) in [5, 5.41) is 10.8. The molecule has 0 aliphatic rings. The van der Waals surface area contributed by atoms with Crippen LogP contribution in [-0.2, 0) is 4.79 Å². The van der Waals surface area contributed by atoms with Crippen LogP contribution in [0.3, 0.4) is 0 Å². The number of amides is 1. The number of nitrogens with one attached hydrogen (secondary N) is 2. The van der Waals surface area contributed by atoms with Crippen LogP contribution in [0.4, 0.5) is 5.69 Å². The summed E-state index contributed by atoms with van der Waals surface area (Å²) in [6.07, 6.45) is 1.45. The number of carbonyl (C=O) groups excluding carboxylic acids is 1. The van der Waals surface area contributed by atoms with Gasteiger partial charge in [-0.15, -0.1) is 0 Å². The van der Waals surface area contributed by atoms with Crippen LogP contribution in [0.15, 0.2) is 64.7 Å². The average molecular weight is 426 g/mol. The van der Waals surface area contributed by atoms with E-state index in [2.05, 4.69) is 20.5 Å². The largest absolute Gasteiger partial charge is 0.325 e. The van der Waals surface area contributed by atoms with E-state index in [1.807, 2.05) is 43.3 Å². The summed E-state index contributed by atoms with van der Waals surface area (Å²) >= 11 is 7.28. The molecule has 0 aliphatic heterocycles. The number of hydrogen-bond acceptors (Lipinski definition) is 5. The molecule has 4 aromatic rings. The van der Waals surface area contributed by atoms with Crippen molar-refractivity contribution in [3.63, 3.8) is 0 Å². The number of aryl methyl sites for hydroxylation is 1. The lowest BCUT2D eigenvalue weighted by Crippen LogP contribution is -2.22. The molecule has 0 bridgehead atoms. The Balaban J connectivity index is 1.61. The van der Waals surface area contributed by atoms with Crippen LogP contribution in [0.2, 0.25) is 5.02 Å². The molecule has 1 amide bonds. The number of para-hydroxylation sites is 1. The molecule has 4 rings (SSSR count). The van der Waals surface area contributed by atoms with Crippen LogP contribution < -0.4 is 10.9 Å². The van der Waals surface area contributed by atoms with Crippen LogP contribution in [0.5, 0.6) is 0 Å². The highest BCUT2D eigenvalue weighted by atomic mass is 35.5. The molecule has 2 aromatic heterocycles. The molecular formula is C20H16ClN5O2S. The monoisotopic (exact) mass is 425 g/mol. The van der Waals surface area contributed by atoms with Crippen LogP contribution in [0, 0.1) is 6.92 Å². The summed E-state index contributed by atoms with van der Waals surface area (Å²) in [7, 11) is 0. The molecule has 146 valence electrons. The van der Waals surface area contributed by atoms with Gasteiger partial charge < -0.3 is 5.32 Å². The fraction of sp³-hybridized carbons (Fsp3) is 0.100. The van der Waals surface area contributed by atoms with E-state index >= 15 is 0 Å². The van der Waals surface area contributed by atoms with E-state index < -0.39 is 0 Å². The Kier molecular flexibility index (Phi) is 5.37. The Hall–Kier alpha value is -3.10. The molecule has 0 spiro atoms. The van der Waals surface area contributed by atoms with E-state index in [0.717, 1.165) is 5.56 Å². The zero-order valence-corrected chi connectivity index (χ0v) is 16.9. The molecule has 0 radical (unpaired) electrons. The molecule has 0 unspecified atom stereocenters. The van der Waals surface area contributed by atoms with Gasteiger partial charge in [0.1, 0.15) is 5.39 Å². The van der Waals surface area contributed by atoms with Crippen molar-refractivity contribution >= 4 is 46.0 Å². The van der Waals surface area contributed by atoms with Gasteiger partial charge in [-0.2, -0.15) is 5.10 Å². The molecule has 2 heterocycles. The molecule has 0 fully saturated rings. The van der Waals surface area contributed by atoms with Gasteiger partial charge in [-0.25, -0.2) is 4.98 Å². The highest BCUT2D eigenvalue weighted by molar-refractivity contribution is 7.99. The number of benzene rings is 2. The molecule has 2 N–H and O–H groups in total. The minimum atomic E-state index is -0.247. The lowest BCUT2D eigenvalue weighted by atomic mass is 10.2. The maximum Gasteiger partial charge on any atom is 0.269 e. The third kappa shape index (κ3) is 4.03. The number of hydrogen-bond donors (Lipinski definition) is 2. The lowest BCUT2D eigenvalue weighted by Gasteiger charge is -2.12. The first-order valence-corrected chi connectivity index (χ1v) is 10.1. The van der Waals surface area contributed by atoms with Gasteiger partial charge >= 0.3 is 0 Å². The Morgan fingerprint density at radius 3 is 2.79 bits per heavy atom. The minimum Gasteiger partial charge on any atom is -0.325 e. The van der Waals surface area contributed by atoms with Crippen molar-refractivity contribution in [1.82, 2.24) is 19.7 Å². The van der Waals surface area contributed by atoms with E-state index in [0.29, 0.717) is 32.6 Å². The lowest BCUT2D eigenvalue weighted by molar-refractivity contribution is -0.113. The zero-order valence-electron chi connectivity index (χ0n) is 15.3. The fourth-order valence-electron chi connectivity index (χ4n) is 2.77.